The molecule has 72 valence electrons. The second kappa shape index (κ2) is 11.4. The fourth-order valence-corrected chi connectivity index (χ4v) is 0. The van der Waals surface area contributed by atoms with E-state index in [1.165, 1.54) is 0 Å². The van der Waals surface area contributed by atoms with E-state index in [4.69, 9.17) is 38.4 Å². The van der Waals surface area contributed by atoms with Gasteiger partial charge in [-0.25, -0.2) is 0 Å². The molecule has 0 aliphatic heterocycles. The summed E-state index contributed by atoms with van der Waals surface area (Å²) < 4.78 is 8.55. The summed E-state index contributed by atoms with van der Waals surface area (Å²) in [5, 5.41) is 0. The van der Waals surface area contributed by atoms with Gasteiger partial charge in [0, 0.05) is 0 Å². The van der Waals surface area contributed by atoms with Crippen molar-refractivity contribution in [3.63, 3.8) is 0 Å². The van der Waals surface area contributed by atoms with Crippen LogP contribution in [0.1, 0.15) is 0 Å². The van der Waals surface area contributed by atoms with E-state index in [9.17, 15) is 0 Å². The summed E-state index contributed by atoms with van der Waals surface area (Å²) >= 11 is 0. The maximum atomic E-state index is 8.55. The zero-order valence-electron chi connectivity index (χ0n) is 6.15. The van der Waals surface area contributed by atoms with Crippen LogP contribution < -0.4 is 14.7 Å². The minimum absolute atomic E-state index is 0. The molecular formula is H6AlO9PSiZn+2. The molecule has 9 nitrogen and oxygen atoms in total. The standard InChI is InChI=1S/Al.H3O4P.H4O4Si.H2O.Zn/c;2*1-5(2,3)4;;/h;(H3,1,2,3,4);1-4H;1H2;/q+3;;;;+2/p-3. The quantitative estimate of drug-likeness (QED) is 0.250. The molecule has 0 bridgehead atoms. The van der Waals surface area contributed by atoms with Crippen molar-refractivity contribution in [2.45, 2.75) is 0 Å². The molecule has 0 saturated heterocycles. The van der Waals surface area contributed by atoms with Crippen molar-refractivity contribution in [2.75, 3.05) is 0 Å². The predicted octanol–water partition coefficient (Wildman–Crippen LogP) is -6.64. The molecule has 0 aliphatic rings. The Morgan fingerprint density at radius 2 is 1.00 bits per heavy atom. The zero-order chi connectivity index (χ0) is 9.00. The number of phosphoric acid groups is 1. The van der Waals surface area contributed by atoms with Gasteiger partial charge in [0.1, 0.15) is 0 Å². The first-order chi connectivity index (χ1) is 4.00. The second-order valence-corrected chi connectivity index (χ2v) is 3.14. The topological polar surface area (TPSA) is 199 Å². The Morgan fingerprint density at radius 3 is 1.00 bits per heavy atom. The Balaban J connectivity index is -0.0000000267. The summed E-state index contributed by atoms with van der Waals surface area (Å²) in [6.45, 7) is 0. The minimum Gasteiger partial charge on any atom is -0.822 e. The smallest absolute Gasteiger partial charge is 0.822 e. The van der Waals surface area contributed by atoms with Crippen LogP contribution in [0.3, 0.4) is 0 Å². The van der Waals surface area contributed by atoms with Crippen LogP contribution in [-0.2, 0) is 24.0 Å². The van der Waals surface area contributed by atoms with Gasteiger partial charge in [0.2, 0.25) is 0 Å². The largest absolute Gasteiger partial charge is 3.00 e. The summed E-state index contributed by atoms with van der Waals surface area (Å²) in [5.74, 6) is 0. The summed E-state index contributed by atoms with van der Waals surface area (Å²) in [7, 11) is -10.0. The average Bonchev–Trinajstić information content (AvgIpc) is 1.12. The molecule has 0 aliphatic carbocycles. The van der Waals surface area contributed by atoms with Crippen molar-refractivity contribution >= 4 is 34.2 Å². The SMILES string of the molecule is O.O=P([O-])([O-])[O-].O[Si](O)(O)O.[Al+3].[Zn+2]. The van der Waals surface area contributed by atoms with Crippen molar-refractivity contribution in [1.82, 2.24) is 0 Å². The molecule has 0 spiro atoms. The fourth-order valence-electron chi connectivity index (χ4n) is 0. The Morgan fingerprint density at radius 1 is 1.00 bits per heavy atom. The molecule has 0 unspecified atom stereocenters. The van der Waals surface area contributed by atoms with Crippen LogP contribution in [0.25, 0.3) is 0 Å². The molecule has 0 amide bonds. The van der Waals surface area contributed by atoms with E-state index in [1.54, 1.807) is 0 Å². The van der Waals surface area contributed by atoms with Crippen LogP contribution in [0.15, 0.2) is 0 Å². The Labute approximate surface area is 97.6 Å². The van der Waals surface area contributed by atoms with E-state index in [0.717, 1.165) is 0 Å². The summed E-state index contributed by atoms with van der Waals surface area (Å²) in [6, 6.07) is 0. The summed E-state index contributed by atoms with van der Waals surface area (Å²) in [4.78, 5) is 55.0. The monoisotopic (exact) mass is 300 g/mol. The number of rotatable bonds is 0. The first-order valence-corrected chi connectivity index (χ1v) is 4.87. The van der Waals surface area contributed by atoms with E-state index in [2.05, 4.69) is 0 Å². The van der Waals surface area contributed by atoms with Gasteiger partial charge in [0.05, 0.1) is 0 Å². The van der Waals surface area contributed by atoms with Gasteiger partial charge < -0.3 is 43.9 Å². The van der Waals surface area contributed by atoms with Gasteiger partial charge in [-0.2, -0.15) is 7.82 Å². The third kappa shape index (κ3) is 1030. The molecule has 0 aromatic rings. The van der Waals surface area contributed by atoms with E-state index in [-0.39, 0.29) is 42.3 Å². The van der Waals surface area contributed by atoms with Crippen LogP contribution in [0.5, 0.6) is 0 Å². The summed E-state index contributed by atoms with van der Waals surface area (Å²) in [5.41, 5.74) is 0. The second-order valence-electron chi connectivity index (χ2n) is 1.05. The Hall–Kier alpha value is 1.28. The van der Waals surface area contributed by atoms with E-state index >= 15 is 0 Å². The average molecular weight is 301 g/mol. The zero-order valence-corrected chi connectivity index (χ0v) is 12.2. The molecule has 13 heavy (non-hydrogen) atoms. The van der Waals surface area contributed by atoms with Gasteiger partial charge in [-0.3, -0.25) is 0 Å². The van der Waals surface area contributed by atoms with Crippen molar-refractivity contribution in [3.8, 4) is 0 Å². The fraction of sp³-hybridized carbons (Fsp3) is 0. The molecule has 0 heterocycles. The number of hydrogen-bond acceptors (Lipinski definition) is 8. The molecule has 0 aromatic carbocycles. The predicted molar refractivity (Wildman–Crippen MR) is 31.6 cm³/mol. The Kier molecular flexibility index (Phi) is 25.6. The molecule has 0 radical (unpaired) electrons. The van der Waals surface area contributed by atoms with Gasteiger partial charge in [-0.05, 0) is 0 Å². The van der Waals surface area contributed by atoms with Crippen molar-refractivity contribution in [2.24, 2.45) is 0 Å². The molecule has 0 rings (SSSR count). The van der Waals surface area contributed by atoms with Crippen molar-refractivity contribution in [1.29, 1.82) is 0 Å². The minimum atomic E-state index is -5.39. The third-order valence-electron chi connectivity index (χ3n) is 0. The first-order valence-electron chi connectivity index (χ1n) is 1.62. The van der Waals surface area contributed by atoms with Gasteiger partial charge in [-0.1, -0.05) is 0 Å². The van der Waals surface area contributed by atoms with Crippen LogP contribution in [0.4, 0.5) is 0 Å². The normalized spacial score (nSPS) is 9.15. The molecule has 6 N–H and O–H groups in total. The summed E-state index contributed by atoms with van der Waals surface area (Å²) in [6.07, 6.45) is 0. The maximum Gasteiger partial charge on any atom is 3.00 e. The van der Waals surface area contributed by atoms with Crippen molar-refractivity contribution < 1.29 is 63.4 Å². The van der Waals surface area contributed by atoms with Gasteiger partial charge in [-0.15, -0.1) is 0 Å². The van der Waals surface area contributed by atoms with Crippen LogP contribution in [0.2, 0.25) is 0 Å². The molecule has 0 fully saturated rings. The van der Waals surface area contributed by atoms with Gasteiger partial charge in [0.25, 0.3) is 0 Å². The molecule has 0 aromatic heterocycles. The van der Waals surface area contributed by atoms with Gasteiger partial charge in [0.15, 0.2) is 0 Å². The maximum absolute atomic E-state index is 8.55. The van der Waals surface area contributed by atoms with Crippen LogP contribution in [-0.4, -0.2) is 51.1 Å². The molecule has 0 atom stereocenters. The van der Waals surface area contributed by atoms with Crippen LogP contribution in [0, 0.1) is 0 Å². The molecule has 0 saturated carbocycles. The van der Waals surface area contributed by atoms with E-state index in [0.29, 0.717) is 0 Å². The number of hydrogen-bond donors (Lipinski definition) is 4. The van der Waals surface area contributed by atoms with Crippen molar-refractivity contribution in [3.05, 3.63) is 0 Å². The van der Waals surface area contributed by atoms with Gasteiger partial charge >= 0.3 is 45.9 Å². The van der Waals surface area contributed by atoms with E-state index in [1.807, 2.05) is 0 Å². The third-order valence-corrected chi connectivity index (χ3v) is 0. The first kappa shape index (κ1) is 29.2. The van der Waals surface area contributed by atoms with Crippen LogP contribution >= 0.6 is 7.82 Å². The molecular weight excluding hydrogens is 295 g/mol. The Bertz CT molecular complexity index is 112. The van der Waals surface area contributed by atoms with E-state index < -0.39 is 16.9 Å². The molecule has 13 heteroatoms.